The van der Waals surface area contributed by atoms with E-state index in [1.807, 2.05) is 0 Å². The molecule has 0 aromatic heterocycles. The Morgan fingerprint density at radius 1 is 1.27 bits per heavy atom. The van der Waals surface area contributed by atoms with Gasteiger partial charge in [-0.15, -0.1) is 0 Å². The SMILES string of the molecule is CC(C)(O)C#Cc1ccc(C(=O)O)cc1. The summed E-state index contributed by atoms with van der Waals surface area (Å²) in [5.74, 6) is 4.44. The Hall–Kier alpha value is -1.79. The van der Waals surface area contributed by atoms with Gasteiger partial charge in [0, 0.05) is 5.56 Å². The summed E-state index contributed by atoms with van der Waals surface area (Å²) >= 11 is 0. The molecule has 1 aromatic carbocycles. The van der Waals surface area contributed by atoms with Gasteiger partial charge in [-0.1, -0.05) is 11.8 Å². The van der Waals surface area contributed by atoms with Crippen molar-refractivity contribution < 1.29 is 15.0 Å². The standard InChI is InChI=1S/C12H12O3/c1-12(2,15)8-7-9-3-5-10(6-4-9)11(13)14/h3-6,15H,1-2H3,(H,13,14). The molecular weight excluding hydrogens is 192 g/mol. The van der Waals surface area contributed by atoms with Crippen molar-refractivity contribution in [3.05, 3.63) is 35.4 Å². The predicted molar refractivity (Wildman–Crippen MR) is 56.6 cm³/mol. The van der Waals surface area contributed by atoms with Crippen LogP contribution in [0.4, 0.5) is 0 Å². The predicted octanol–water partition coefficient (Wildman–Crippen LogP) is 1.51. The van der Waals surface area contributed by atoms with E-state index in [0.717, 1.165) is 0 Å². The number of hydrogen-bond acceptors (Lipinski definition) is 2. The van der Waals surface area contributed by atoms with E-state index in [0.29, 0.717) is 5.56 Å². The first-order valence-corrected chi connectivity index (χ1v) is 4.47. The van der Waals surface area contributed by atoms with E-state index in [-0.39, 0.29) is 5.56 Å². The van der Waals surface area contributed by atoms with Crippen molar-refractivity contribution in [1.29, 1.82) is 0 Å². The van der Waals surface area contributed by atoms with E-state index in [4.69, 9.17) is 5.11 Å². The lowest BCUT2D eigenvalue weighted by Crippen LogP contribution is -2.14. The number of aliphatic hydroxyl groups is 1. The number of hydrogen-bond donors (Lipinski definition) is 2. The Bertz CT molecular complexity index is 413. The Labute approximate surface area is 88.4 Å². The van der Waals surface area contributed by atoms with Gasteiger partial charge < -0.3 is 10.2 Å². The van der Waals surface area contributed by atoms with Crippen molar-refractivity contribution in [3.63, 3.8) is 0 Å². The minimum atomic E-state index is -1.04. The van der Waals surface area contributed by atoms with Crippen LogP contribution in [0.5, 0.6) is 0 Å². The van der Waals surface area contributed by atoms with E-state index in [9.17, 15) is 9.90 Å². The Balaban J connectivity index is 2.89. The summed E-state index contributed by atoms with van der Waals surface area (Å²) in [7, 11) is 0. The Kier molecular flexibility index (Phi) is 3.13. The van der Waals surface area contributed by atoms with Crippen LogP contribution in [0.3, 0.4) is 0 Å². The maximum absolute atomic E-state index is 10.6. The van der Waals surface area contributed by atoms with Crippen LogP contribution >= 0.6 is 0 Å². The normalized spacial score (nSPS) is 10.3. The van der Waals surface area contributed by atoms with E-state index < -0.39 is 11.6 Å². The maximum Gasteiger partial charge on any atom is 0.335 e. The van der Waals surface area contributed by atoms with Gasteiger partial charge in [-0.2, -0.15) is 0 Å². The Morgan fingerprint density at radius 3 is 2.20 bits per heavy atom. The van der Waals surface area contributed by atoms with Gasteiger partial charge in [-0.05, 0) is 38.1 Å². The van der Waals surface area contributed by atoms with Crippen molar-refractivity contribution in [2.24, 2.45) is 0 Å². The molecule has 1 aromatic rings. The highest BCUT2D eigenvalue weighted by Crippen LogP contribution is 2.04. The number of carbonyl (C=O) groups is 1. The van der Waals surface area contributed by atoms with Gasteiger partial charge >= 0.3 is 5.97 Å². The maximum atomic E-state index is 10.6. The summed E-state index contributed by atoms with van der Waals surface area (Å²) < 4.78 is 0. The quantitative estimate of drug-likeness (QED) is 0.682. The van der Waals surface area contributed by atoms with Crippen LogP contribution in [0.1, 0.15) is 29.8 Å². The fourth-order valence-corrected chi connectivity index (χ4v) is 0.921. The van der Waals surface area contributed by atoms with Gasteiger partial charge in [0.25, 0.3) is 0 Å². The highest BCUT2D eigenvalue weighted by Gasteiger charge is 2.06. The van der Waals surface area contributed by atoms with Crippen molar-refractivity contribution in [2.45, 2.75) is 19.4 Å². The van der Waals surface area contributed by atoms with Crippen LogP contribution in [0.25, 0.3) is 0 Å². The number of aromatic carboxylic acids is 1. The van der Waals surface area contributed by atoms with Crippen LogP contribution < -0.4 is 0 Å². The van der Waals surface area contributed by atoms with Gasteiger partial charge in [0.1, 0.15) is 5.60 Å². The molecule has 0 aliphatic heterocycles. The molecule has 0 heterocycles. The average Bonchev–Trinajstić information content (AvgIpc) is 2.14. The molecule has 0 aliphatic carbocycles. The van der Waals surface area contributed by atoms with Gasteiger partial charge in [0.2, 0.25) is 0 Å². The first kappa shape index (κ1) is 11.3. The molecule has 0 fully saturated rings. The van der Waals surface area contributed by atoms with Gasteiger partial charge in [0.05, 0.1) is 5.56 Å². The van der Waals surface area contributed by atoms with Crippen molar-refractivity contribution in [2.75, 3.05) is 0 Å². The number of carboxylic acid groups (broad SMARTS) is 1. The molecule has 78 valence electrons. The lowest BCUT2D eigenvalue weighted by atomic mass is 10.1. The molecule has 0 spiro atoms. The molecule has 2 N–H and O–H groups in total. The highest BCUT2D eigenvalue weighted by atomic mass is 16.4. The molecule has 0 bridgehead atoms. The molecule has 0 unspecified atom stereocenters. The van der Waals surface area contributed by atoms with Gasteiger partial charge in [0.15, 0.2) is 0 Å². The molecule has 0 saturated carbocycles. The monoisotopic (exact) mass is 204 g/mol. The van der Waals surface area contributed by atoms with Crippen LogP contribution in [0.2, 0.25) is 0 Å². The van der Waals surface area contributed by atoms with E-state index in [1.165, 1.54) is 12.1 Å². The molecule has 0 atom stereocenters. The smallest absolute Gasteiger partial charge is 0.335 e. The van der Waals surface area contributed by atoms with Crippen LogP contribution in [-0.2, 0) is 0 Å². The summed E-state index contributed by atoms with van der Waals surface area (Å²) in [6.07, 6.45) is 0. The summed E-state index contributed by atoms with van der Waals surface area (Å²) in [4.78, 5) is 10.6. The third kappa shape index (κ3) is 3.84. The summed E-state index contributed by atoms with van der Waals surface area (Å²) in [6, 6.07) is 6.19. The van der Waals surface area contributed by atoms with E-state index in [2.05, 4.69) is 11.8 Å². The Morgan fingerprint density at radius 2 is 1.80 bits per heavy atom. The summed E-state index contributed by atoms with van der Waals surface area (Å²) in [5, 5.41) is 18.0. The summed E-state index contributed by atoms with van der Waals surface area (Å²) in [6.45, 7) is 3.18. The molecule has 1 rings (SSSR count). The lowest BCUT2D eigenvalue weighted by molar-refractivity contribution is 0.0697. The molecule has 0 saturated heterocycles. The van der Waals surface area contributed by atoms with E-state index >= 15 is 0 Å². The molecule has 3 nitrogen and oxygen atoms in total. The van der Waals surface area contributed by atoms with Crippen molar-refractivity contribution in [3.8, 4) is 11.8 Å². The van der Waals surface area contributed by atoms with Crippen LogP contribution in [0.15, 0.2) is 24.3 Å². The fraction of sp³-hybridized carbons (Fsp3) is 0.250. The molecule has 0 aliphatic rings. The number of rotatable bonds is 1. The molecule has 3 heteroatoms. The molecule has 15 heavy (non-hydrogen) atoms. The largest absolute Gasteiger partial charge is 0.478 e. The van der Waals surface area contributed by atoms with Crippen LogP contribution in [-0.4, -0.2) is 21.8 Å². The average molecular weight is 204 g/mol. The van der Waals surface area contributed by atoms with Crippen molar-refractivity contribution >= 4 is 5.97 Å². The third-order valence-corrected chi connectivity index (χ3v) is 1.64. The second-order valence-electron chi connectivity index (χ2n) is 3.69. The third-order valence-electron chi connectivity index (χ3n) is 1.64. The second kappa shape index (κ2) is 4.16. The molecule has 0 radical (unpaired) electrons. The van der Waals surface area contributed by atoms with Crippen molar-refractivity contribution in [1.82, 2.24) is 0 Å². The fourth-order valence-electron chi connectivity index (χ4n) is 0.921. The zero-order chi connectivity index (χ0) is 11.5. The van der Waals surface area contributed by atoms with Crippen LogP contribution in [0, 0.1) is 11.8 Å². The molecule has 0 amide bonds. The number of carboxylic acids is 1. The first-order chi connectivity index (χ1) is 6.88. The number of benzene rings is 1. The topological polar surface area (TPSA) is 57.5 Å². The van der Waals surface area contributed by atoms with E-state index in [1.54, 1.807) is 26.0 Å². The first-order valence-electron chi connectivity index (χ1n) is 4.47. The lowest BCUT2D eigenvalue weighted by Gasteiger charge is -2.05. The van der Waals surface area contributed by atoms with Gasteiger partial charge in [-0.25, -0.2) is 4.79 Å². The second-order valence-corrected chi connectivity index (χ2v) is 3.69. The van der Waals surface area contributed by atoms with Gasteiger partial charge in [-0.3, -0.25) is 0 Å². The zero-order valence-corrected chi connectivity index (χ0v) is 8.61. The summed E-state index contributed by atoms with van der Waals surface area (Å²) in [5.41, 5.74) is -0.128. The minimum Gasteiger partial charge on any atom is -0.478 e. The zero-order valence-electron chi connectivity index (χ0n) is 8.61. The highest BCUT2D eigenvalue weighted by molar-refractivity contribution is 5.87. The molecular formula is C12H12O3. The minimum absolute atomic E-state index is 0.226.